The van der Waals surface area contributed by atoms with Gasteiger partial charge in [-0.2, -0.15) is 0 Å². The quantitative estimate of drug-likeness (QED) is 0.780. The van der Waals surface area contributed by atoms with Crippen LogP contribution in [0.25, 0.3) is 6.08 Å². The first-order valence-electron chi connectivity index (χ1n) is 9.44. The third kappa shape index (κ3) is 4.39. The standard InChI is InChI=1S/C21H22ClN3O3/c22-17-11-15(12-18-21(17)28-10-9-27-18)3-4-20(26)24-14-16-5-6-23-19(13-16)25-7-1-2-8-25/h3-6,11-13H,1-2,7-10,14H2,(H,24,26)/b4-3+. The number of carbonyl (C=O) groups is 1. The maximum atomic E-state index is 12.2. The van der Waals surface area contributed by atoms with Crippen LogP contribution in [-0.4, -0.2) is 37.2 Å². The highest BCUT2D eigenvalue weighted by molar-refractivity contribution is 6.32. The summed E-state index contributed by atoms with van der Waals surface area (Å²) < 4.78 is 11.1. The predicted molar refractivity (Wildman–Crippen MR) is 109 cm³/mol. The topological polar surface area (TPSA) is 63.7 Å². The number of benzene rings is 1. The number of pyridine rings is 1. The Morgan fingerprint density at radius 3 is 2.89 bits per heavy atom. The van der Waals surface area contributed by atoms with Crippen LogP contribution >= 0.6 is 11.6 Å². The molecule has 0 saturated carbocycles. The number of amides is 1. The van der Waals surface area contributed by atoms with E-state index >= 15 is 0 Å². The maximum absolute atomic E-state index is 12.2. The molecule has 7 heteroatoms. The molecule has 0 unspecified atom stereocenters. The van der Waals surface area contributed by atoms with E-state index in [-0.39, 0.29) is 5.91 Å². The summed E-state index contributed by atoms with van der Waals surface area (Å²) in [6, 6.07) is 7.53. The van der Waals surface area contributed by atoms with E-state index < -0.39 is 0 Å². The van der Waals surface area contributed by atoms with E-state index in [1.807, 2.05) is 18.2 Å². The Kier molecular flexibility index (Phi) is 5.67. The summed E-state index contributed by atoms with van der Waals surface area (Å²) in [6.45, 7) is 3.52. The molecule has 6 nitrogen and oxygen atoms in total. The van der Waals surface area contributed by atoms with E-state index in [1.165, 1.54) is 18.9 Å². The van der Waals surface area contributed by atoms with Crippen molar-refractivity contribution in [1.82, 2.24) is 10.3 Å². The van der Waals surface area contributed by atoms with Gasteiger partial charge in [-0.05, 0) is 54.3 Å². The first-order valence-corrected chi connectivity index (χ1v) is 9.82. The number of aromatic nitrogens is 1. The smallest absolute Gasteiger partial charge is 0.244 e. The van der Waals surface area contributed by atoms with Crippen LogP contribution < -0.4 is 19.7 Å². The fourth-order valence-electron chi connectivity index (χ4n) is 3.34. The molecule has 0 spiro atoms. The van der Waals surface area contributed by atoms with Crippen LogP contribution in [0.4, 0.5) is 5.82 Å². The number of nitrogens with zero attached hydrogens (tertiary/aromatic N) is 2. The molecule has 1 N–H and O–H groups in total. The first kappa shape index (κ1) is 18.6. The largest absolute Gasteiger partial charge is 0.486 e. The second kappa shape index (κ2) is 8.52. The highest BCUT2D eigenvalue weighted by Crippen LogP contribution is 2.38. The second-order valence-electron chi connectivity index (χ2n) is 6.79. The van der Waals surface area contributed by atoms with Gasteiger partial charge in [0.05, 0.1) is 5.02 Å². The Labute approximate surface area is 169 Å². The van der Waals surface area contributed by atoms with E-state index in [0.29, 0.717) is 36.3 Å². The number of carbonyl (C=O) groups excluding carboxylic acids is 1. The van der Waals surface area contributed by atoms with Crippen molar-refractivity contribution in [3.05, 3.63) is 52.7 Å². The van der Waals surface area contributed by atoms with E-state index in [4.69, 9.17) is 21.1 Å². The lowest BCUT2D eigenvalue weighted by atomic mass is 10.1. The van der Waals surface area contributed by atoms with Gasteiger partial charge in [-0.25, -0.2) is 4.98 Å². The fraction of sp³-hybridized carbons (Fsp3) is 0.333. The zero-order chi connectivity index (χ0) is 19.3. The Morgan fingerprint density at radius 1 is 1.21 bits per heavy atom. The third-order valence-electron chi connectivity index (χ3n) is 4.75. The minimum atomic E-state index is -0.175. The molecule has 146 valence electrons. The molecule has 2 aromatic rings. The molecule has 0 radical (unpaired) electrons. The number of anilines is 1. The highest BCUT2D eigenvalue weighted by Gasteiger charge is 2.16. The van der Waals surface area contributed by atoms with Crippen molar-refractivity contribution in [2.24, 2.45) is 0 Å². The minimum Gasteiger partial charge on any atom is -0.486 e. The molecule has 1 saturated heterocycles. The molecule has 2 aliphatic rings. The van der Waals surface area contributed by atoms with Crippen molar-refractivity contribution in [3.8, 4) is 11.5 Å². The normalized spacial score (nSPS) is 15.8. The van der Waals surface area contributed by atoms with Crippen LogP contribution in [0.2, 0.25) is 5.02 Å². The lowest BCUT2D eigenvalue weighted by Crippen LogP contribution is -2.22. The summed E-state index contributed by atoms with van der Waals surface area (Å²) in [5.74, 6) is 1.96. The van der Waals surface area contributed by atoms with Gasteiger partial charge in [0.15, 0.2) is 11.5 Å². The van der Waals surface area contributed by atoms with Gasteiger partial charge in [0.2, 0.25) is 5.91 Å². The highest BCUT2D eigenvalue weighted by atomic mass is 35.5. The number of hydrogen-bond donors (Lipinski definition) is 1. The Hall–Kier alpha value is -2.73. The SMILES string of the molecule is O=C(/C=C/c1cc(Cl)c2c(c1)OCCO2)NCc1ccnc(N2CCCC2)c1. The average Bonchev–Trinajstić information content (AvgIpc) is 3.26. The molecular formula is C21H22ClN3O3. The summed E-state index contributed by atoms with van der Waals surface area (Å²) in [7, 11) is 0. The van der Waals surface area contributed by atoms with Gasteiger partial charge in [0.25, 0.3) is 0 Å². The van der Waals surface area contributed by atoms with Crippen LogP contribution in [-0.2, 0) is 11.3 Å². The van der Waals surface area contributed by atoms with Crippen LogP contribution in [0.15, 0.2) is 36.5 Å². The molecule has 0 aliphatic carbocycles. The second-order valence-corrected chi connectivity index (χ2v) is 7.20. The van der Waals surface area contributed by atoms with Gasteiger partial charge in [-0.15, -0.1) is 0 Å². The zero-order valence-electron chi connectivity index (χ0n) is 15.5. The summed E-state index contributed by atoms with van der Waals surface area (Å²) in [4.78, 5) is 18.9. The van der Waals surface area contributed by atoms with Crippen molar-refractivity contribution < 1.29 is 14.3 Å². The molecule has 2 aliphatic heterocycles. The van der Waals surface area contributed by atoms with Gasteiger partial charge in [-0.3, -0.25) is 4.79 Å². The molecule has 1 amide bonds. The fourth-order valence-corrected chi connectivity index (χ4v) is 3.61. The molecule has 4 rings (SSSR count). The number of nitrogens with one attached hydrogen (secondary N) is 1. The first-order chi connectivity index (χ1) is 13.7. The Balaban J connectivity index is 1.36. The zero-order valence-corrected chi connectivity index (χ0v) is 16.2. The molecule has 3 heterocycles. The summed E-state index contributed by atoms with van der Waals surface area (Å²) in [5.41, 5.74) is 1.81. The number of ether oxygens (including phenoxy) is 2. The van der Waals surface area contributed by atoms with Crippen molar-refractivity contribution >= 4 is 29.4 Å². The molecule has 0 atom stereocenters. The Bertz CT molecular complexity index is 894. The lowest BCUT2D eigenvalue weighted by Gasteiger charge is -2.19. The predicted octanol–water partition coefficient (Wildman–Crippen LogP) is 3.44. The summed E-state index contributed by atoms with van der Waals surface area (Å²) in [6.07, 6.45) is 7.41. The summed E-state index contributed by atoms with van der Waals surface area (Å²) in [5, 5.41) is 3.38. The maximum Gasteiger partial charge on any atom is 0.244 e. The van der Waals surface area contributed by atoms with E-state index in [9.17, 15) is 4.79 Å². The summed E-state index contributed by atoms with van der Waals surface area (Å²) >= 11 is 6.22. The van der Waals surface area contributed by atoms with E-state index in [1.54, 1.807) is 18.3 Å². The molecular weight excluding hydrogens is 378 g/mol. The van der Waals surface area contributed by atoms with Crippen molar-refractivity contribution in [1.29, 1.82) is 0 Å². The number of fused-ring (bicyclic) bond motifs is 1. The molecule has 1 fully saturated rings. The van der Waals surface area contributed by atoms with Gasteiger partial charge in [-0.1, -0.05) is 11.6 Å². The molecule has 1 aromatic carbocycles. The Morgan fingerprint density at radius 2 is 2.04 bits per heavy atom. The van der Waals surface area contributed by atoms with Crippen LogP contribution in [0, 0.1) is 0 Å². The molecule has 0 bridgehead atoms. The third-order valence-corrected chi connectivity index (χ3v) is 5.03. The molecule has 28 heavy (non-hydrogen) atoms. The minimum absolute atomic E-state index is 0.175. The van der Waals surface area contributed by atoms with Crippen LogP contribution in [0.1, 0.15) is 24.0 Å². The van der Waals surface area contributed by atoms with E-state index in [0.717, 1.165) is 30.0 Å². The number of hydrogen-bond acceptors (Lipinski definition) is 5. The van der Waals surface area contributed by atoms with Gasteiger partial charge >= 0.3 is 0 Å². The average molecular weight is 400 g/mol. The van der Waals surface area contributed by atoms with Crippen molar-refractivity contribution in [2.45, 2.75) is 19.4 Å². The van der Waals surface area contributed by atoms with Gasteiger partial charge in [0, 0.05) is 31.9 Å². The molecule has 1 aromatic heterocycles. The lowest BCUT2D eigenvalue weighted by molar-refractivity contribution is -0.116. The monoisotopic (exact) mass is 399 g/mol. The van der Waals surface area contributed by atoms with Crippen molar-refractivity contribution in [3.63, 3.8) is 0 Å². The van der Waals surface area contributed by atoms with E-state index in [2.05, 4.69) is 15.2 Å². The number of rotatable bonds is 5. The van der Waals surface area contributed by atoms with Crippen LogP contribution in [0.3, 0.4) is 0 Å². The van der Waals surface area contributed by atoms with Gasteiger partial charge in [0.1, 0.15) is 19.0 Å². The van der Waals surface area contributed by atoms with Crippen molar-refractivity contribution in [2.75, 3.05) is 31.2 Å². The van der Waals surface area contributed by atoms with Gasteiger partial charge < -0.3 is 19.7 Å². The van der Waals surface area contributed by atoms with Crippen LogP contribution in [0.5, 0.6) is 11.5 Å². The number of halogens is 1.